The minimum atomic E-state index is -0.385. The van der Waals surface area contributed by atoms with Crippen LogP contribution in [0.2, 0.25) is 0 Å². The first kappa shape index (κ1) is 18.7. The highest BCUT2D eigenvalue weighted by atomic mass is 19.1. The standard InChI is InChI=1S/C23H21F2N5/c1-13-7-14(9-15(24)8-13)17-10-27-11-18(22(17)30-6-5-16(26)12-30)23-28-20-4-2-3-19(25)21(20)29-23/h2-4,7-11,16H,5-6,12,26H2,1H3,(H,28,29)/t16-/m0/s1. The maximum absolute atomic E-state index is 14.2. The fourth-order valence-electron chi connectivity index (χ4n) is 4.19. The molecule has 2 aromatic heterocycles. The number of nitrogens with one attached hydrogen (secondary N) is 1. The summed E-state index contributed by atoms with van der Waals surface area (Å²) in [6.45, 7) is 3.30. The summed E-state index contributed by atoms with van der Waals surface area (Å²) in [6.07, 6.45) is 4.31. The number of anilines is 1. The molecule has 0 bridgehead atoms. The summed E-state index contributed by atoms with van der Waals surface area (Å²) in [5.74, 6) is -0.164. The van der Waals surface area contributed by atoms with Gasteiger partial charge in [-0.3, -0.25) is 4.98 Å². The Morgan fingerprint density at radius 1 is 1.13 bits per heavy atom. The zero-order chi connectivity index (χ0) is 20.8. The summed E-state index contributed by atoms with van der Waals surface area (Å²) in [4.78, 5) is 14.3. The molecule has 152 valence electrons. The Balaban J connectivity index is 1.75. The Hall–Kier alpha value is -3.32. The highest BCUT2D eigenvalue weighted by molar-refractivity contribution is 5.91. The predicted molar refractivity (Wildman–Crippen MR) is 114 cm³/mol. The van der Waals surface area contributed by atoms with Crippen LogP contribution in [-0.4, -0.2) is 34.1 Å². The zero-order valence-electron chi connectivity index (χ0n) is 16.5. The number of nitrogens with zero attached hydrogens (tertiary/aromatic N) is 3. The molecule has 0 saturated carbocycles. The van der Waals surface area contributed by atoms with Crippen molar-refractivity contribution in [2.75, 3.05) is 18.0 Å². The lowest BCUT2D eigenvalue weighted by Gasteiger charge is -2.24. The van der Waals surface area contributed by atoms with E-state index in [2.05, 4.69) is 19.9 Å². The molecule has 1 aliphatic heterocycles. The monoisotopic (exact) mass is 405 g/mol. The number of aromatic nitrogens is 3. The van der Waals surface area contributed by atoms with Crippen molar-refractivity contribution in [2.24, 2.45) is 5.73 Å². The van der Waals surface area contributed by atoms with E-state index in [4.69, 9.17) is 5.73 Å². The molecule has 1 aliphatic rings. The second kappa shape index (κ2) is 7.18. The first-order valence-electron chi connectivity index (χ1n) is 9.90. The number of aromatic amines is 1. The van der Waals surface area contributed by atoms with Crippen molar-refractivity contribution in [3.63, 3.8) is 0 Å². The second-order valence-electron chi connectivity index (χ2n) is 7.82. The number of nitrogens with two attached hydrogens (primary N) is 1. The van der Waals surface area contributed by atoms with E-state index in [1.807, 2.05) is 13.0 Å². The van der Waals surface area contributed by atoms with Crippen molar-refractivity contribution in [2.45, 2.75) is 19.4 Å². The van der Waals surface area contributed by atoms with E-state index in [9.17, 15) is 8.78 Å². The lowest BCUT2D eigenvalue weighted by Crippen LogP contribution is -2.27. The number of benzene rings is 2. The molecule has 2 aromatic carbocycles. The maximum atomic E-state index is 14.2. The van der Waals surface area contributed by atoms with Crippen molar-refractivity contribution in [1.29, 1.82) is 0 Å². The van der Waals surface area contributed by atoms with Gasteiger partial charge in [-0.15, -0.1) is 0 Å². The van der Waals surface area contributed by atoms with Crippen molar-refractivity contribution >= 4 is 16.7 Å². The number of halogens is 2. The SMILES string of the molecule is Cc1cc(F)cc(-c2cncc(-c3nc4c(F)cccc4[nH]3)c2N2CC[C@H](N)C2)c1. The van der Waals surface area contributed by atoms with E-state index < -0.39 is 0 Å². The molecule has 0 aliphatic carbocycles. The van der Waals surface area contributed by atoms with Crippen LogP contribution in [0.5, 0.6) is 0 Å². The summed E-state index contributed by atoms with van der Waals surface area (Å²) in [6, 6.07) is 9.80. The van der Waals surface area contributed by atoms with E-state index in [1.165, 1.54) is 18.2 Å². The number of H-pyrrole nitrogens is 1. The van der Waals surface area contributed by atoms with Gasteiger partial charge < -0.3 is 15.6 Å². The van der Waals surface area contributed by atoms with Gasteiger partial charge in [-0.05, 0) is 48.7 Å². The molecule has 3 N–H and O–H groups in total. The molecule has 1 fully saturated rings. The number of pyridine rings is 1. The van der Waals surface area contributed by atoms with Crippen molar-refractivity contribution in [3.8, 4) is 22.5 Å². The van der Waals surface area contributed by atoms with E-state index >= 15 is 0 Å². The van der Waals surface area contributed by atoms with Crippen molar-refractivity contribution in [1.82, 2.24) is 15.0 Å². The van der Waals surface area contributed by atoms with Gasteiger partial charge in [-0.2, -0.15) is 0 Å². The van der Waals surface area contributed by atoms with E-state index in [0.29, 0.717) is 17.9 Å². The van der Waals surface area contributed by atoms with Crippen LogP contribution in [0, 0.1) is 18.6 Å². The zero-order valence-corrected chi connectivity index (χ0v) is 16.5. The number of aryl methyl sites for hydroxylation is 1. The molecule has 3 heterocycles. The molecular formula is C23H21F2N5. The van der Waals surface area contributed by atoms with Crippen molar-refractivity contribution in [3.05, 3.63) is 66.0 Å². The minimum Gasteiger partial charge on any atom is -0.369 e. The first-order valence-corrected chi connectivity index (χ1v) is 9.90. The summed E-state index contributed by atoms with van der Waals surface area (Å²) >= 11 is 0. The van der Waals surface area contributed by atoms with Gasteiger partial charge >= 0.3 is 0 Å². The number of rotatable bonds is 3. The molecule has 7 heteroatoms. The molecule has 5 rings (SSSR count). The van der Waals surface area contributed by atoms with Gasteiger partial charge in [0.05, 0.1) is 16.8 Å². The third-order valence-electron chi connectivity index (χ3n) is 5.53. The fraction of sp³-hybridized carbons (Fsp3) is 0.217. The number of hydrogen-bond acceptors (Lipinski definition) is 4. The third-order valence-corrected chi connectivity index (χ3v) is 5.53. The smallest absolute Gasteiger partial charge is 0.151 e. The first-order chi connectivity index (χ1) is 14.5. The molecule has 5 nitrogen and oxygen atoms in total. The number of imidazole rings is 1. The quantitative estimate of drug-likeness (QED) is 0.530. The fourth-order valence-corrected chi connectivity index (χ4v) is 4.19. The third kappa shape index (κ3) is 3.21. The average molecular weight is 405 g/mol. The molecule has 0 unspecified atom stereocenters. The van der Waals surface area contributed by atoms with Crippen LogP contribution in [-0.2, 0) is 0 Å². The molecule has 0 spiro atoms. The summed E-state index contributed by atoms with van der Waals surface area (Å²) in [5, 5.41) is 0. The summed E-state index contributed by atoms with van der Waals surface area (Å²) < 4.78 is 28.4. The van der Waals surface area contributed by atoms with Gasteiger partial charge in [-0.25, -0.2) is 13.8 Å². The van der Waals surface area contributed by atoms with E-state index in [0.717, 1.165) is 40.9 Å². The largest absolute Gasteiger partial charge is 0.369 e. The van der Waals surface area contributed by atoms with Crippen molar-refractivity contribution < 1.29 is 8.78 Å². The normalized spacial score (nSPS) is 16.5. The predicted octanol–water partition coefficient (Wildman–Crippen LogP) is 4.42. The van der Waals surface area contributed by atoms with Crippen LogP contribution in [0.1, 0.15) is 12.0 Å². The minimum absolute atomic E-state index is 0.0567. The molecule has 0 radical (unpaired) electrons. The molecule has 0 amide bonds. The van der Waals surface area contributed by atoms with Crippen LogP contribution in [0.25, 0.3) is 33.5 Å². The molecular weight excluding hydrogens is 384 g/mol. The Kier molecular flexibility index (Phi) is 4.47. The van der Waals surface area contributed by atoms with Gasteiger partial charge in [0.1, 0.15) is 17.2 Å². The van der Waals surface area contributed by atoms with E-state index in [-0.39, 0.29) is 23.2 Å². The van der Waals surface area contributed by atoms with Gasteiger partial charge in [0.15, 0.2) is 5.82 Å². The second-order valence-corrected chi connectivity index (χ2v) is 7.82. The van der Waals surface area contributed by atoms with Crippen LogP contribution in [0.15, 0.2) is 48.8 Å². The van der Waals surface area contributed by atoms with Crippen LogP contribution < -0.4 is 10.6 Å². The molecule has 4 aromatic rings. The highest BCUT2D eigenvalue weighted by Gasteiger charge is 2.26. The van der Waals surface area contributed by atoms with Crippen LogP contribution in [0.3, 0.4) is 0 Å². The van der Waals surface area contributed by atoms with Gasteiger partial charge in [-0.1, -0.05) is 12.1 Å². The number of fused-ring (bicyclic) bond motifs is 1. The Morgan fingerprint density at radius 2 is 1.97 bits per heavy atom. The number of hydrogen-bond donors (Lipinski definition) is 2. The van der Waals surface area contributed by atoms with Gasteiger partial charge in [0.2, 0.25) is 0 Å². The van der Waals surface area contributed by atoms with Gasteiger partial charge in [0, 0.05) is 37.1 Å². The lowest BCUT2D eigenvalue weighted by molar-refractivity contribution is 0.627. The topological polar surface area (TPSA) is 70.8 Å². The average Bonchev–Trinajstić information content (AvgIpc) is 3.34. The molecule has 1 saturated heterocycles. The molecule has 1 atom stereocenters. The Bertz CT molecular complexity index is 1230. The van der Waals surface area contributed by atoms with E-state index in [1.54, 1.807) is 24.5 Å². The van der Waals surface area contributed by atoms with Crippen LogP contribution >= 0.6 is 0 Å². The number of para-hydroxylation sites is 1. The van der Waals surface area contributed by atoms with Crippen LogP contribution in [0.4, 0.5) is 14.5 Å². The highest BCUT2D eigenvalue weighted by Crippen LogP contribution is 2.40. The Morgan fingerprint density at radius 3 is 2.70 bits per heavy atom. The Labute approximate surface area is 172 Å². The lowest BCUT2D eigenvalue weighted by atomic mass is 10.00. The molecule has 30 heavy (non-hydrogen) atoms. The maximum Gasteiger partial charge on any atom is 0.151 e. The van der Waals surface area contributed by atoms with Gasteiger partial charge in [0.25, 0.3) is 0 Å². The summed E-state index contributed by atoms with van der Waals surface area (Å²) in [5.41, 5.74) is 11.0. The summed E-state index contributed by atoms with van der Waals surface area (Å²) in [7, 11) is 0.